The minimum absolute atomic E-state index is 0.117. The predicted molar refractivity (Wildman–Crippen MR) is 125 cm³/mol. The number of nitrogens with two attached hydrogens (primary N) is 2. The fourth-order valence-corrected chi connectivity index (χ4v) is 6.77. The third-order valence-corrected chi connectivity index (χ3v) is 9.01. The zero-order chi connectivity index (χ0) is 27.4. The molecule has 5 N–H and O–H groups in total. The van der Waals surface area contributed by atoms with E-state index in [-0.39, 0.29) is 31.2 Å². The van der Waals surface area contributed by atoms with Crippen molar-refractivity contribution in [2.45, 2.75) is 39.1 Å². The van der Waals surface area contributed by atoms with Crippen LogP contribution in [0.25, 0.3) is 4.83 Å². The lowest BCUT2D eigenvalue weighted by atomic mass is 9.78. The molecule has 1 saturated heterocycles. The zero-order valence-corrected chi connectivity index (χ0v) is 22.2. The SMILES string of the molecule is C[C@@H](O)[C@H]1C(=O)N2C(C(=O)[O-])=C(C[n+]3cc4scc(CN(CCOS(N)(=O)=O)S(N)(=O)=O)n4c3)[C@H](C)[C@H]12. The van der Waals surface area contributed by atoms with E-state index in [0.29, 0.717) is 16.1 Å². The van der Waals surface area contributed by atoms with Gasteiger partial charge in [-0.05, 0) is 6.92 Å². The van der Waals surface area contributed by atoms with E-state index in [0.717, 1.165) is 4.31 Å². The second kappa shape index (κ2) is 9.70. The number of aliphatic carboxylic acids is 1. The number of thiazole rings is 1. The summed E-state index contributed by atoms with van der Waals surface area (Å²) < 4.78 is 54.6. The Balaban J connectivity index is 1.58. The van der Waals surface area contributed by atoms with Crippen LogP contribution in [0.1, 0.15) is 19.5 Å². The molecule has 4 rings (SSSR count). The lowest BCUT2D eigenvalue weighted by Crippen LogP contribution is -2.64. The molecule has 0 bridgehead atoms. The molecule has 37 heavy (non-hydrogen) atoms. The molecule has 0 aromatic carbocycles. The van der Waals surface area contributed by atoms with Crippen LogP contribution in [0.3, 0.4) is 0 Å². The fourth-order valence-electron chi connectivity index (χ4n) is 4.90. The first-order chi connectivity index (χ1) is 17.1. The molecule has 1 fully saturated rings. The molecule has 0 spiro atoms. The van der Waals surface area contributed by atoms with Gasteiger partial charge in [-0.2, -0.15) is 25.5 Å². The van der Waals surface area contributed by atoms with Gasteiger partial charge in [0.1, 0.15) is 18.4 Å². The van der Waals surface area contributed by atoms with Crippen molar-refractivity contribution in [3.05, 3.63) is 34.9 Å². The molecule has 0 saturated carbocycles. The number of hydrogen-bond donors (Lipinski definition) is 3. The summed E-state index contributed by atoms with van der Waals surface area (Å²) in [7, 11) is -8.48. The Hall–Kier alpha value is -2.45. The minimum Gasteiger partial charge on any atom is -0.543 e. The molecular formula is C19H26N6O9S3. The minimum atomic E-state index is -4.26. The summed E-state index contributed by atoms with van der Waals surface area (Å²) in [6.45, 7) is 2.30. The molecule has 204 valence electrons. The Labute approximate surface area is 216 Å². The predicted octanol–water partition coefficient (Wildman–Crippen LogP) is -3.62. The average molecular weight is 579 g/mol. The van der Waals surface area contributed by atoms with Crippen molar-refractivity contribution in [2.24, 2.45) is 22.1 Å². The van der Waals surface area contributed by atoms with Crippen LogP contribution in [0.5, 0.6) is 0 Å². The third-order valence-electron chi connectivity index (χ3n) is 6.55. The van der Waals surface area contributed by atoms with Gasteiger partial charge in [0.15, 0.2) is 0 Å². The molecule has 4 heterocycles. The molecule has 15 nitrogen and oxygen atoms in total. The van der Waals surface area contributed by atoms with E-state index < -0.39 is 57.1 Å². The van der Waals surface area contributed by atoms with Crippen molar-refractivity contribution in [3.8, 4) is 0 Å². The van der Waals surface area contributed by atoms with Gasteiger partial charge in [0, 0.05) is 23.4 Å². The molecule has 2 aromatic rings. The maximum Gasteiger partial charge on any atom is 0.333 e. The molecule has 0 aliphatic carbocycles. The summed E-state index contributed by atoms with van der Waals surface area (Å²) in [6, 6.07) is -0.474. The number of carbonyl (C=O) groups is 2. The number of aromatic nitrogens is 2. The number of carboxylic acid groups (broad SMARTS) is 1. The molecule has 2 aliphatic heterocycles. The van der Waals surface area contributed by atoms with Crippen LogP contribution >= 0.6 is 11.3 Å². The number of carbonyl (C=O) groups excluding carboxylic acids is 2. The highest BCUT2D eigenvalue weighted by atomic mass is 32.2. The van der Waals surface area contributed by atoms with Crippen molar-refractivity contribution in [1.29, 1.82) is 0 Å². The van der Waals surface area contributed by atoms with Gasteiger partial charge in [-0.3, -0.25) is 8.98 Å². The normalized spacial score (nSPS) is 23.1. The number of aliphatic hydroxyl groups is 1. The topological polar surface area (TPSA) is 222 Å². The van der Waals surface area contributed by atoms with Gasteiger partial charge in [-0.15, -0.1) is 0 Å². The van der Waals surface area contributed by atoms with Gasteiger partial charge in [-0.1, -0.05) is 18.3 Å². The summed E-state index contributed by atoms with van der Waals surface area (Å²) in [6.07, 6.45) is 2.44. The van der Waals surface area contributed by atoms with E-state index in [1.807, 2.05) is 0 Å². The summed E-state index contributed by atoms with van der Waals surface area (Å²) in [5, 5.41) is 33.7. The van der Waals surface area contributed by atoms with E-state index in [2.05, 4.69) is 4.18 Å². The summed E-state index contributed by atoms with van der Waals surface area (Å²) in [5.74, 6) is -2.97. The first kappa shape index (κ1) is 27.6. The van der Waals surface area contributed by atoms with E-state index in [1.165, 1.54) is 23.2 Å². The second-order valence-corrected chi connectivity index (χ2v) is 12.6. The number of nitrogens with zero attached hydrogens (tertiary/aromatic N) is 4. The molecule has 1 amide bonds. The Morgan fingerprint density at radius 2 is 2.03 bits per heavy atom. The van der Waals surface area contributed by atoms with Crippen molar-refractivity contribution >= 4 is 48.6 Å². The molecule has 18 heteroatoms. The largest absolute Gasteiger partial charge is 0.543 e. The summed E-state index contributed by atoms with van der Waals surface area (Å²) in [4.78, 5) is 26.3. The lowest BCUT2D eigenvalue weighted by molar-refractivity contribution is -0.688. The standard InChI is InChI=1S/C19H26N6O9S3/c1-10-13(17(19(28)29)25-16(10)15(11(2)26)18(25)27)6-22-7-14-24(9-22)12(8-35-14)5-23(36(20,30)31)3-4-34-37(21,32)33/h7-11,15-16,26H,3-6H2,1-2H3,(H4-,20,21,28,29,30,31,32,33)/t10-,11+,15+,16+/m0/s1. The van der Waals surface area contributed by atoms with Crippen molar-refractivity contribution in [2.75, 3.05) is 13.2 Å². The molecule has 0 unspecified atom stereocenters. The summed E-state index contributed by atoms with van der Waals surface area (Å²) in [5.41, 5.74) is 0.777. The maximum absolute atomic E-state index is 12.5. The fraction of sp³-hybridized carbons (Fsp3) is 0.526. The van der Waals surface area contributed by atoms with Gasteiger partial charge >= 0.3 is 10.3 Å². The van der Waals surface area contributed by atoms with E-state index >= 15 is 0 Å². The maximum atomic E-state index is 12.5. The lowest BCUT2D eigenvalue weighted by Gasteiger charge is -2.47. The van der Waals surface area contributed by atoms with Crippen molar-refractivity contribution in [1.82, 2.24) is 13.6 Å². The molecule has 2 aliphatic rings. The highest BCUT2D eigenvalue weighted by Gasteiger charge is 2.58. The first-order valence-corrected chi connectivity index (χ1v) is 14.8. The number of β-lactam (4-membered cyclic amide) rings is 1. The number of rotatable bonds is 11. The van der Waals surface area contributed by atoms with Crippen LogP contribution in [0.15, 0.2) is 29.2 Å². The average Bonchev–Trinajstić information content (AvgIpc) is 3.37. The van der Waals surface area contributed by atoms with Crippen LogP contribution in [0.4, 0.5) is 0 Å². The quantitative estimate of drug-likeness (QED) is 0.177. The van der Waals surface area contributed by atoms with Crippen LogP contribution in [0, 0.1) is 11.8 Å². The van der Waals surface area contributed by atoms with Crippen molar-refractivity contribution in [3.63, 3.8) is 0 Å². The number of imidazole rings is 1. The van der Waals surface area contributed by atoms with Gasteiger partial charge in [-0.25, -0.2) is 14.8 Å². The summed E-state index contributed by atoms with van der Waals surface area (Å²) >= 11 is 1.29. The number of carboxylic acids is 1. The molecular weight excluding hydrogens is 552 g/mol. The number of fused-ring (bicyclic) bond motifs is 2. The Morgan fingerprint density at radius 3 is 2.59 bits per heavy atom. The number of aliphatic hydroxyl groups excluding tert-OH is 1. The number of amides is 1. The molecule has 0 radical (unpaired) electrons. The Kier molecular flexibility index (Phi) is 7.23. The number of hydrogen-bond acceptors (Lipinski definition) is 10. The van der Waals surface area contributed by atoms with Crippen LogP contribution in [-0.4, -0.2) is 72.7 Å². The van der Waals surface area contributed by atoms with Gasteiger partial charge in [0.05, 0.1) is 42.9 Å². The second-order valence-electron chi connectivity index (χ2n) is 8.96. The molecule has 4 atom stereocenters. The van der Waals surface area contributed by atoms with Crippen LogP contribution in [0.2, 0.25) is 0 Å². The van der Waals surface area contributed by atoms with Crippen LogP contribution in [-0.2, 0) is 47.4 Å². The smallest absolute Gasteiger partial charge is 0.333 e. The Morgan fingerprint density at radius 1 is 1.35 bits per heavy atom. The van der Waals surface area contributed by atoms with E-state index in [4.69, 9.17) is 10.3 Å². The Bertz CT molecular complexity index is 1490. The first-order valence-electron chi connectivity index (χ1n) is 11.0. The third kappa shape index (κ3) is 5.28. The van der Waals surface area contributed by atoms with Gasteiger partial charge in [0.25, 0.3) is 10.2 Å². The van der Waals surface area contributed by atoms with Crippen LogP contribution < -0.4 is 20.0 Å². The highest BCUT2D eigenvalue weighted by Crippen LogP contribution is 2.46. The van der Waals surface area contributed by atoms with Gasteiger partial charge in [0.2, 0.25) is 17.1 Å². The van der Waals surface area contributed by atoms with Crippen molar-refractivity contribution < 1.29 is 45.4 Å². The monoisotopic (exact) mass is 578 g/mol. The van der Waals surface area contributed by atoms with Gasteiger partial charge < -0.3 is 19.9 Å². The zero-order valence-electron chi connectivity index (χ0n) is 19.8. The van der Waals surface area contributed by atoms with E-state index in [9.17, 15) is 36.6 Å². The highest BCUT2D eigenvalue weighted by molar-refractivity contribution is 7.86. The molecule has 2 aromatic heterocycles. The van der Waals surface area contributed by atoms with E-state index in [1.54, 1.807) is 33.8 Å².